The second-order valence-corrected chi connectivity index (χ2v) is 6.30. The Bertz CT molecular complexity index is 585. The topological polar surface area (TPSA) is 94.0 Å². The highest BCUT2D eigenvalue weighted by molar-refractivity contribution is 8.00. The summed E-state index contributed by atoms with van der Waals surface area (Å²) >= 11 is 1.05. The number of ether oxygens (including phenoxy) is 1. The molecule has 0 radical (unpaired) electrons. The standard InChI is InChI=1S/C11H17N3O4S/c1-6(9(17)18-11(2,3)4)19-10-12-7(15)8(16)13-14(10)5/h6H,1-5H3,(H,13,16). The van der Waals surface area contributed by atoms with Gasteiger partial charge in [-0.05, 0) is 27.7 Å². The first-order chi connectivity index (χ1) is 8.60. The van der Waals surface area contributed by atoms with E-state index >= 15 is 0 Å². The smallest absolute Gasteiger partial charge is 0.339 e. The number of aryl methyl sites for hydroxylation is 1. The van der Waals surface area contributed by atoms with E-state index in [1.165, 1.54) is 11.7 Å². The van der Waals surface area contributed by atoms with E-state index in [-0.39, 0.29) is 5.16 Å². The van der Waals surface area contributed by atoms with E-state index in [0.29, 0.717) is 0 Å². The molecule has 1 aromatic rings. The van der Waals surface area contributed by atoms with Crippen LogP contribution < -0.4 is 11.1 Å². The van der Waals surface area contributed by atoms with Crippen molar-refractivity contribution in [3.8, 4) is 0 Å². The molecule has 1 N–H and O–H groups in total. The van der Waals surface area contributed by atoms with Gasteiger partial charge in [-0.25, -0.2) is 0 Å². The van der Waals surface area contributed by atoms with Gasteiger partial charge in [0.15, 0.2) is 5.16 Å². The summed E-state index contributed by atoms with van der Waals surface area (Å²) in [5.41, 5.74) is -2.25. The van der Waals surface area contributed by atoms with Crippen LogP contribution in [0.4, 0.5) is 0 Å². The van der Waals surface area contributed by atoms with Crippen molar-refractivity contribution in [1.82, 2.24) is 14.8 Å². The number of aromatic nitrogens is 3. The lowest BCUT2D eigenvalue weighted by Gasteiger charge is -2.22. The predicted molar refractivity (Wildman–Crippen MR) is 71.3 cm³/mol. The quantitative estimate of drug-likeness (QED) is 0.488. The Morgan fingerprint density at radius 2 is 2.00 bits per heavy atom. The van der Waals surface area contributed by atoms with Crippen LogP contribution in [0.5, 0.6) is 0 Å². The summed E-state index contributed by atoms with van der Waals surface area (Å²) in [5, 5.41) is 2.03. The molecule has 0 aromatic carbocycles. The number of nitrogens with zero attached hydrogens (tertiary/aromatic N) is 2. The largest absolute Gasteiger partial charge is 0.459 e. The van der Waals surface area contributed by atoms with Gasteiger partial charge in [-0.15, -0.1) is 0 Å². The van der Waals surface area contributed by atoms with Crippen LogP contribution in [0, 0.1) is 0 Å². The molecule has 7 nitrogen and oxygen atoms in total. The summed E-state index contributed by atoms with van der Waals surface area (Å²) in [7, 11) is 1.54. The van der Waals surface area contributed by atoms with Crippen molar-refractivity contribution in [3.63, 3.8) is 0 Å². The maximum atomic E-state index is 11.8. The van der Waals surface area contributed by atoms with E-state index in [2.05, 4.69) is 10.1 Å². The second-order valence-electron chi connectivity index (χ2n) is 4.99. The summed E-state index contributed by atoms with van der Waals surface area (Å²) in [4.78, 5) is 37.6. The van der Waals surface area contributed by atoms with Crippen molar-refractivity contribution in [2.75, 3.05) is 0 Å². The number of esters is 1. The molecule has 0 aliphatic heterocycles. The molecule has 0 spiro atoms. The number of rotatable bonds is 3. The third kappa shape index (κ3) is 4.55. The van der Waals surface area contributed by atoms with Gasteiger partial charge in [-0.1, -0.05) is 11.8 Å². The molecule has 1 atom stereocenters. The van der Waals surface area contributed by atoms with E-state index < -0.39 is 27.9 Å². The number of aromatic amines is 1. The van der Waals surface area contributed by atoms with Crippen LogP contribution in [0.3, 0.4) is 0 Å². The Balaban J connectivity index is 2.86. The fourth-order valence-corrected chi connectivity index (χ4v) is 1.96. The first-order valence-corrected chi connectivity index (χ1v) is 6.55. The summed E-state index contributed by atoms with van der Waals surface area (Å²) in [6.07, 6.45) is 0. The summed E-state index contributed by atoms with van der Waals surface area (Å²) < 4.78 is 6.52. The molecule has 0 saturated heterocycles. The maximum absolute atomic E-state index is 11.8. The molecule has 0 bridgehead atoms. The molecular weight excluding hydrogens is 270 g/mol. The van der Waals surface area contributed by atoms with Gasteiger partial charge in [-0.2, -0.15) is 4.98 Å². The highest BCUT2D eigenvalue weighted by Crippen LogP contribution is 2.21. The lowest BCUT2D eigenvalue weighted by atomic mass is 10.2. The molecule has 1 unspecified atom stereocenters. The molecule has 0 fully saturated rings. The van der Waals surface area contributed by atoms with Crippen LogP contribution in [-0.4, -0.2) is 31.6 Å². The van der Waals surface area contributed by atoms with Gasteiger partial charge in [0.25, 0.3) is 0 Å². The molecule has 106 valence electrons. The summed E-state index contributed by atoms with van der Waals surface area (Å²) in [6.45, 7) is 6.97. The Morgan fingerprint density at radius 1 is 1.42 bits per heavy atom. The molecule has 0 amide bonds. The number of carbonyl (C=O) groups excluding carboxylic acids is 1. The van der Waals surface area contributed by atoms with Crippen LogP contribution in [0.1, 0.15) is 27.7 Å². The Morgan fingerprint density at radius 3 is 2.53 bits per heavy atom. The minimum absolute atomic E-state index is 0.253. The third-order valence-corrected chi connectivity index (χ3v) is 3.09. The van der Waals surface area contributed by atoms with Gasteiger partial charge in [-0.3, -0.25) is 24.2 Å². The SMILES string of the molecule is CC(Sc1nc(=O)c(=O)[nH]n1C)C(=O)OC(C)(C)C. The first kappa shape index (κ1) is 15.5. The molecule has 19 heavy (non-hydrogen) atoms. The summed E-state index contributed by atoms with van der Waals surface area (Å²) in [6, 6.07) is 0. The van der Waals surface area contributed by atoms with E-state index in [1.807, 2.05) is 0 Å². The number of thioether (sulfide) groups is 1. The Kier molecular flexibility index (Phi) is 4.56. The van der Waals surface area contributed by atoms with Crippen LogP contribution >= 0.6 is 11.8 Å². The zero-order valence-corrected chi connectivity index (χ0v) is 12.3. The highest BCUT2D eigenvalue weighted by atomic mass is 32.2. The normalized spacial score (nSPS) is 13.1. The molecule has 0 saturated carbocycles. The van der Waals surface area contributed by atoms with Gasteiger partial charge in [0.05, 0.1) is 0 Å². The van der Waals surface area contributed by atoms with Crippen LogP contribution in [0.15, 0.2) is 14.7 Å². The van der Waals surface area contributed by atoms with Crippen molar-refractivity contribution in [2.45, 2.75) is 43.7 Å². The van der Waals surface area contributed by atoms with E-state index in [4.69, 9.17) is 4.74 Å². The summed E-state index contributed by atoms with van der Waals surface area (Å²) in [5.74, 6) is -0.405. The van der Waals surface area contributed by atoms with Crippen molar-refractivity contribution in [1.29, 1.82) is 0 Å². The van der Waals surface area contributed by atoms with Crippen LogP contribution in [0.2, 0.25) is 0 Å². The Labute approximate surface area is 114 Å². The average Bonchev–Trinajstić information content (AvgIpc) is 2.23. The number of hydrogen-bond donors (Lipinski definition) is 1. The second kappa shape index (κ2) is 5.60. The lowest BCUT2D eigenvalue weighted by Crippen LogP contribution is -2.35. The zero-order valence-electron chi connectivity index (χ0n) is 11.5. The van der Waals surface area contributed by atoms with E-state index in [1.54, 1.807) is 27.7 Å². The molecular formula is C11H17N3O4S. The van der Waals surface area contributed by atoms with E-state index in [0.717, 1.165) is 11.8 Å². The van der Waals surface area contributed by atoms with Gasteiger partial charge in [0.2, 0.25) is 0 Å². The van der Waals surface area contributed by atoms with Gasteiger partial charge in [0.1, 0.15) is 10.9 Å². The minimum atomic E-state index is -0.878. The molecule has 0 aliphatic carbocycles. The fourth-order valence-electron chi connectivity index (χ4n) is 1.16. The van der Waals surface area contributed by atoms with Crippen molar-refractivity contribution >= 4 is 17.7 Å². The Hall–Kier alpha value is -1.57. The zero-order chi connectivity index (χ0) is 14.8. The van der Waals surface area contributed by atoms with Gasteiger partial charge >= 0.3 is 17.1 Å². The molecule has 1 heterocycles. The third-order valence-electron chi connectivity index (χ3n) is 1.97. The predicted octanol–water partition coefficient (Wildman–Crippen LogP) is 0.291. The van der Waals surface area contributed by atoms with E-state index in [9.17, 15) is 14.4 Å². The average molecular weight is 287 g/mol. The monoisotopic (exact) mass is 287 g/mol. The molecule has 1 aromatic heterocycles. The van der Waals surface area contributed by atoms with Gasteiger partial charge < -0.3 is 4.74 Å². The highest BCUT2D eigenvalue weighted by Gasteiger charge is 2.23. The molecule has 1 rings (SSSR count). The maximum Gasteiger partial charge on any atom is 0.339 e. The van der Waals surface area contributed by atoms with Crippen molar-refractivity contribution in [2.24, 2.45) is 7.05 Å². The minimum Gasteiger partial charge on any atom is -0.459 e. The van der Waals surface area contributed by atoms with Crippen LogP contribution in [0.25, 0.3) is 0 Å². The number of H-pyrrole nitrogens is 1. The van der Waals surface area contributed by atoms with Crippen molar-refractivity contribution in [3.05, 3.63) is 20.7 Å². The number of nitrogens with one attached hydrogen (secondary N) is 1. The van der Waals surface area contributed by atoms with Crippen molar-refractivity contribution < 1.29 is 9.53 Å². The molecule has 0 aliphatic rings. The fraction of sp³-hybridized carbons (Fsp3) is 0.636. The molecule has 8 heteroatoms. The van der Waals surface area contributed by atoms with Gasteiger partial charge in [0, 0.05) is 7.05 Å². The first-order valence-electron chi connectivity index (χ1n) is 5.67. The number of hydrogen-bond acceptors (Lipinski definition) is 6. The van der Waals surface area contributed by atoms with Crippen LogP contribution in [-0.2, 0) is 16.6 Å². The lowest BCUT2D eigenvalue weighted by molar-refractivity contribution is -0.153. The number of carbonyl (C=O) groups is 1.